The smallest absolute Gasteiger partial charge is 0.254 e. The Kier molecular flexibility index (Phi) is 5.39. The minimum Gasteiger partial charge on any atom is -0.349 e. The average molecular weight is 399 g/mol. The molecule has 1 N–H and O–H groups in total. The van der Waals surface area contributed by atoms with E-state index >= 15 is 0 Å². The van der Waals surface area contributed by atoms with E-state index in [1.54, 1.807) is 0 Å². The van der Waals surface area contributed by atoms with E-state index in [1.807, 2.05) is 18.2 Å². The summed E-state index contributed by atoms with van der Waals surface area (Å²) in [5.74, 6) is 0.843. The zero-order chi connectivity index (χ0) is 19.5. The maximum Gasteiger partial charge on any atom is 0.254 e. The highest BCUT2D eigenvalue weighted by Crippen LogP contribution is 2.19. The van der Waals surface area contributed by atoms with E-state index in [9.17, 15) is 9.18 Å². The Bertz CT molecular complexity index is 989. The topological polar surface area (TPSA) is 59.8 Å². The van der Waals surface area contributed by atoms with Crippen molar-refractivity contribution in [3.8, 4) is 0 Å². The lowest BCUT2D eigenvalue weighted by molar-refractivity contribution is 0.0929. The van der Waals surface area contributed by atoms with E-state index < -0.39 is 11.7 Å². The lowest BCUT2D eigenvalue weighted by atomic mass is 10.1. The van der Waals surface area contributed by atoms with Gasteiger partial charge >= 0.3 is 0 Å². The molecule has 1 atom stereocenters. The van der Waals surface area contributed by atoms with Crippen LogP contribution in [0.1, 0.15) is 40.4 Å². The molecule has 0 bridgehead atoms. The number of amides is 1. The molecule has 1 aliphatic rings. The predicted molar refractivity (Wildman–Crippen MR) is 105 cm³/mol. The Labute approximate surface area is 167 Å². The normalized spacial score (nSPS) is 16.3. The minimum absolute atomic E-state index is 0.0269. The van der Waals surface area contributed by atoms with Gasteiger partial charge in [0.25, 0.3) is 5.91 Å². The summed E-state index contributed by atoms with van der Waals surface area (Å²) in [4.78, 5) is 12.5. The molecule has 0 saturated heterocycles. The van der Waals surface area contributed by atoms with Crippen molar-refractivity contribution >= 4 is 17.5 Å². The summed E-state index contributed by atoms with van der Waals surface area (Å²) in [5.41, 5.74) is 1.16. The molecule has 0 radical (unpaired) electrons. The van der Waals surface area contributed by atoms with E-state index in [-0.39, 0.29) is 11.6 Å². The first-order chi connectivity index (χ1) is 13.6. The van der Waals surface area contributed by atoms with Crippen molar-refractivity contribution in [1.29, 1.82) is 0 Å². The standard InChI is InChI=1S/C21H20ClFN4O/c22-15-6-8-18(23)17(13-15)21(28)24-16-7-9-19-25-26-20(27(19)11-10-16)12-14-4-2-1-3-5-14/h1-6,8,13,16H,7,9-12H2,(H,24,28). The van der Waals surface area contributed by atoms with Crippen LogP contribution in [-0.4, -0.2) is 26.7 Å². The molecule has 2 aromatic carbocycles. The van der Waals surface area contributed by atoms with Crippen molar-refractivity contribution in [2.24, 2.45) is 0 Å². The number of hydrogen-bond acceptors (Lipinski definition) is 3. The molecule has 0 saturated carbocycles. The third kappa shape index (κ3) is 4.07. The quantitative estimate of drug-likeness (QED) is 0.727. The number of halogens is 2. The number of nitrogens with one attached hydrogen (secondary N) is 1. The van der Waals surface area contributed by atoms with E-state index in [2.05, 4.69) is 32.2 Å². The van der Waals surface area contributed by atoms with Gasteiger partial charge in [0.1, 0.15) is 17.5 Å². The second kappa shape index (κ2) is 8.10. The monoisotopic (exact) mass is 398 g/mol. The molecule has 1 unspecified atom stereocenters. The fourth-order valence-electron chi connectivity index (χ4n) is 3.54. The van der Waals surface area contributed by atoms with Crippen LogP contribution >= 0.6 is 11.6 Å². The number of aryl methyl sites for hydroxylation is 1. The third-order valence-electron chi connectivity index (χ3n) is 5.03. The second-order valence-electron chi connectivity index (χ2n) is 6.97. The van der Waals surface area contributed by atoms with Gasteiger partial charge in [-0.3, -0.25) is 4.79 Å². The molecule has 0 fully saturated rings. The molecule has 0 spiro atoms. The highest BCUT2D eigenvalue weighted by molar-refractivity contribution is 6.31. The zero-order valence-corrected chi connectivity index (χ0v) is 16.0. The Hall–Kier alpha value is -2.73. The van der Waals surface area contributed by atoms with Gasteiger partial charge in [-0.05, 0) is 36.6 Å². The third-order valence-corrected chi connectivity index (χ3v) is 5.27. The lowest BCUT2D eigenvalue weighted by Crippen LogP contribution is -2.35. The Morgan fingerprint density at radius 1 is 1.18 bits per heavy atom. The summed E-state index contributed by atoms with van der Waals surface area (Å²) < 4.78 is 16.1. The molecular weight excluding hydrogens is 379 g/mol. The van der Waals surface area contributed by atoms with Crippen LogP contribution in [0.25, 0.3) is 0 Å². The molecule has 1 aliphatic heterocycles. The van der Waals surface area contributed by atoms with Crippen LogP contribution in [0.3, 0.4) is 0 Å². The number of fused-ring (bicyclic) bond motifs is 1. The number of nitrogens with zero attached hydrogens (tertiary/aromatic N) is 3. The highest BCUT2D eigenvalue weighted by Gasteiger charge is 2.23. The number of benzene rings is 2. The first-order valence-electron chi connectivity index (χ1n) is 9.31. The summed E-state index contributed by atoms with van der Waals surface area (Å²) in [6.45, 7) is 0.716. The molecule has 28 heavy (non-hydrogen) atoms. The maximum absolute atomic E-state index is 13.9. The van der Waals surface area contributed by atoms with Gasteiger partial charge in [0.15, 0.2) is 0 Å². The van der Waals surface area contributed by atoms with Crippen molar-refractivity contribution in [2.45, 2.75) is 38.3 Å². The van der Waals surface area contributed by atoms with Gasteiger partial charge in [-0.1, -0.05) is 41.9 Å². The van der Waals surface area contributed by atoms with Gasteiger partial charge in [0.05, 0.1) is 5.56 Å². The minimum atomic E-state index is -0.571. The average Bonchev–Trinajstić information content (AvgIpc) is 2.96. The Balaban J connectivity index is 1.43. The van der Waals surface area contributed by atoms with Gasteiger partial charge in [-0.2, -0.15) is 0 Å². The maximum atomic E-state index is 13.9. The van der Waals surface area contributed by atoms with Crippen molar-refractivity contribution in [1.82, 2.24) is 20.1 Å². The van der Waals surface area contributed by atoms with Crippen molar-refractivity contribution < 1.29 is 9.18 Å². The molecule has 3 aromatic rings. The Morgan fingerprint density at radius 3 is 2.82 bits per heavy atom. The molecule has 144 valence electrons. The summed E-state index contributed by atoms with van der Waals surface area (Å²) in [6.07, 6.45) is 2.90. The van der Waals surface area contributed by atoms with Gasteiger partial charge in [0.2, 0.25) is 0 Å². The molecule has 4 rings (SSSR count). The lowest BCUT2D eigenvalue weighted by Gasteiger charge is -2.16. The fraction of sp³-hybridized carbons (Fsp3) is 0.286. The van der Waals surface area contributed by atoms with E-state index in [1.165, 1.54) is 23.8 Å². The van der Waals surface area contributed by atoms with Gasteiger partial charge in [-0.25, -0.2) is 4.39 Å². The van der Waals surface area contributed by atoms with E-state index in [0.717, 1.165) is 30.9 Å². The van der Waals surface area contributed by atoms with Crippen molar-refractivity contribution in [3.05, 3.63) is 82.1 Å². The van der Waals surface area contributed by atoms with Crippen LogP contribution in [0, 0.1) is 5.82 Å². The molecule has 1 amide bonds. The van der Waals surface area contributed by atoms with Crippen molar-refractivity contribution in [3.63, 3.8) is 0 Å². The van der Waals surface area contributed by atoms with Crippen LogP contribution in [0.2, 0.25) is 5.02 Å². The Morgan fingerprint density at radius 2 is 2.00 bits per heavy atom. The fourth-order valence-corrected chi connectivity index (χ4v) is 3.71. The van der Waals surface area contributed by atoms with Gasteiger partial charge < -0.3 is 9.88 Å². The summed E-state index contributed by atoms with van der Waals surface area (Å²) in [5, 5.41) is 12.0. The predicted octanol–water partition coefficient (Wildman–Crippen LogP) is 3.80. The summed E-state index contributed by atoms with van der Waals surface area (Å²) in [7, 11) is 0. The van der Waals surface area contributed by atoms with Crippen LogP contribution in [0.15, 0.2) is 48.5 Å². The molecular formula is C21H20ClFN4O. The van der Waals surface area contributed by atoms with E-state index in [4.69, 9.17) is 11.6 Å². The number of rotatable bonds is 4. The largest absolute Gasteiger partial charge is 0.349 e. The van der Waals surface area contributed by atoms with E-state index in [0.29, 0.717) is 18.0 Å². The van der Waals surface area contributed by atoms with Crippen molar-refractivity contribution in [2.75, 3.05) is 0 Å². The summed E-state index contributed by atoms with van der Waals surface area (Å²) in [6, 6.07) is 14.1. The molecule has 2 heterocycles. The number of carbonyl (C=O) groups excluding carboxylic acids is 1. The molecule has 5 nitrogen and oxygen atoms in total. The number of carbonyl (C=O) groups is 1. The number of hydrogen-bond donors (Lipinski definition) is 1. The SMILES string of the molecule is O=C(NC1CCc2nnc(Cc3ccccc3)n2CC1)c1cc(Cl)ccc1F. The molecule has 7 heteroatoms. The first-order valence-corrected chi connectivity index (χ1v) is 9.69. The van der Waals surface area contributed by atoms with Crippen LogP contribution < -0.4 is 5.32 Å². The molecule has 1 aromatic heterocycles. The second-order valence-corrected chi connectivity index (χ2v) is 7.40. The van der Waals surface area contributed by atoms with Gasteiger partial charge in [0, 0.05) is 30.5 Å². The van der Waals surface area contributed by atoms with Crippen LogP contribution in [0.5, 0.6) is 0 Å². The van der Waals surface area contributed by atoms with Crippen LogP contribution in [0.4, 0.5) is 4.39 Å². The summed E-state index contributed by atoms with van der Waals surface area (Å²) >= 11 is 5.89. The molecule has 0 aliphatic carbocycles. The highest BCUT2D eigenvalue weighted by atomic mass is 35.5. The van der Waals surface area contributed by atoms with Crippen LogP contribution in [-0.2, 0) is 19.4 Å². The first kappa shape index (κ1) is 18.6. The zero-order valence-electron chi connectivity index (χ0n) is 15.2. The van der Waals surface area contributed by atoms with Gasteiger partial charge in [-0.15, -0.1) is 10.2 Å². The number of aromatic nitrogens is 3.